The van der Waals surface area contributed by atoms with Crippen LogP contribution in [0.15, 0.2) is 223 Å². The van der Waals surface area contributed by atoms with E-state index in [1.165, 1.54) is 32.7 Å². The molecule has 0 radical (unpaired) electrons. The van der Waals surface area contributed by atoms with Crippen molar-refractivity contribution in [2.45, 2.75) is 0 Å². The second-order valence-electron chi connectivity index (χ2n) is 16.4. The van der Waals surface area contributed by atoms with Crippen molar-refractivity contribution in [3.8, 4) is 62.1 Å². The molecule has 3 heterocycles. The number of nitrogens with zero attached hydrogens (tertiary/aromatic N) is 4. The van der Waals surface area contributed by atoms with Gasteiger partial charge in [0.25, 0.3) is 0 Å². The molecule has 0 spiro atoms. The summed E-state index contributed by atoms with van der Waals surface area (Å²) in [5.74, 6) is 1.80. The molecule has 0 aliphatic heterocycles. The minimum atomic E-state index is 0.579. The van der Waals surface area contributed by atoms with Crippen molar-refractivity contribution >= 4 is 65.3 Å². The fourth-order valence-electron chi connectivity index (χ4n) is 9.51. The first-order valence-electron chi connectivity index (χ1n) is 21.6. The number of fused-ring (bicyclic) bond motifs is 9. The van der Waals surface area contributed by atoms with Crippen LogP contribution in [0.25, 0.3) is 127 Å². The molecule has 0 bridgehead atoms. The first-order chi connectivity index (χ1) is 31.7. The number of rotatable bonds is 6. The summed E-state index contributed by atoms with van der Waals surface area (Å²) in [4.78, 5) is 15.2. The zero-order valence-electron chi connectivity index (χ0n) is 34.5. The molecule has 3 aromatic heterocycles. The Morgan fingerprint density at radius 1 is 0.297 bits per heavy atom. The fraction of sp³-hybridized carbons (Fsp3) is 0. The minimum Gasteiger partial charge on any atom is -0.456 e. The van der Waals surface area contributed by atoms with Crippen LogP contribution in [0.3, 0.4) is 0 Å². The van der Waals surface area contributed by atoms with Crippen molar-refractivity contribution in [2.24, 2.45) is 0 Å². The highest BCUT2D eigenvalue weighted by Gasteiger charge is 2.21. The van der Waals surface area contributed by atoms with Gasteiger partial charge in [0, 0.05) is 49.7 Å². The molecule has 5 heteroatoms. The van der Waals surface area contributed by atoms with Gasteiger partial charge in [-0.15, -0.1) is 0 Å². The van der Waals surface area contributed by atoms with Crippen molar-refractivity contribution in [3.63, 3.8) is 0 Å². The minimum absolute atomic E-state index is 0.579. The Hall–Kier alpha value is -8.67. The van der Waals surface area contributed by atoms with E-state index in [9.17, 15) is 0 Å². The lowest BCUT2D eigenvalue weighted by Crippen LogP contribution is -2.00. The summed E-state index contributed by atoms with van der Waals surface area (Å²) in [5.41, 5.74) is 12.3. The zero-order chi connectivity index (χ0) is 42.1. The Kier molecular flexibility index (Phi) is 8.15. The quantitative estimate of drug-likeness (QED) is 0.168. The van der Waals surface area contributed by atoms with Gasteiger partial charge < -0.3 is 8.98 Å². The van der Waals surface area contributed by atoms with Gasteiger partial charge in [-0.3, -0.25) is 0 Å². The Labute approximate surface area is 368 Å². The maximum Gasteiger partial charge on any atom is 0.164 e. The van der Waals surface area contributed by atoms with Crippen molar-refractivity contribution in [2.75, 3.05) is 0 Å². The first kappa shape index (κ1) is 36.0. The molecule has 0 amide bonds. The molecule has 13 rings (SSSR count). The summed E-state index contributed by atoms with van der Waals surface area (Å²) >= 11 is 0. The number of furan rings is 1. The largest absolute Gasteiger partial charge is 0.456 e. The fourth-order valence-corrected chi connectivity index (χ4v) is 9.51. The molecular formula is C59H36N4O. The third kappa shape index (κ3) is 5.90. The van der Waals surface area contributed by atoms with Crippen LogP contribution in [0.5, 0.6) is 0 Å². The van der Waals surface area contributed by atoms with Crippen LogP contribution in [0.2, 0.25) is 0 Å². The summed E-state index contributed by atoms with van der Waals surface area (Å²) in [6.45, 7) is 0. The Morgan fingerprint density at radius 3 is 1.45 bits per heavy atom. The van der Waals surface area contributed by atoms with Crippen LogP contribution in [0.4, 0.5) is 0 Å². The van der Waals surface area contributed by atoms with Gasteiger partial charge in [-0.25, -0.2) is 15.0 Å². The monoisotopic (exact) mass is 816 g/mol. The van der Waals surface area contributed by atoms with Gasteiger partial charge in [0.2, 0.25) is 0 Å². The molecule has 0 unspecified atom stereocenters. The molecule has 0 aliphatic rings. The van der Waals surface area contributed by atoms with Gasteiger partial charge in [-0.2, -0.15) is 0 Å². The smallest absolute Gasteiger partial charge is 0.164 e. The van der Waals surface area contributed by atoms with E-state index in [0.717, 1.165) is 77.2 Å². The van der Waals surface area contributed by atoms with Gasteiger partial charge in [0.1, 0.15) is 11.2 Å². The molecule has 0 saturated carbocycles. The normalized spacial score (nSPS) is 11.8. The number of hydrogen-bond donors (Lipinski definition) is 0. The lowest BCUT2D eigenvalue weighted by Gasteiger charge is -2.13. The van der Waals surface area contributed by atoms with Crippen molar-refractivity contribution < 1.29 is 4.42 Å². The van der Waals surface area contributed by atoms with Crippen molar-refractivity contribution in [1.82, 2.24) is 19.5 Å². The van der Waals surface area contributed by atoms with E-state index in [-0.39, 0.29) is 0 Å². The van der Waals surface area contributed by atoms with Gasteiger partial charge in [-0.1, -0.05) is 182 Å². The van der Waals surface area contributed by atoms with Gasteiger partial charge in [-0.05, 0) is 68.7 Å². The van der Waals surface area contributed by atoms with Crippen LogP contribution < -0.4 is 0 Å². The van der Waals surface area contributed by atoms with Crippen LogP contribution in [-0.2, 0) is 0 Å². The van der Waals surface area contributed by atoms with E-state index < -0.39 is 0 Å². The third-order valence-electron chi connectivity index (χ3n) is 12.6. The summed E-state index contributed by atoms with van der Waals surface area (Å²) in [7, 11) is 0. The second-order valence-corrected chi connectivity index (χ2v) is 16.4. The molecule has 10 aromatic carbocycles. The molecule has 0 aliphatic carbocycles. The van der Waals surface area contributed by atoms with Crippen LogP contribution in [0, 0.1) is 0 Å². The molecule has 0 fully saturated rings. The van der Waals surface area contributed by atoms with Crippen molar-refractivity contribution in [3.05, 3.63) is 218 Å². The first-order valence-corrected chi connectivity index (χ1v) is 21.6. The summed E-state index contributed by atoms with van der Waals surface area (Å²) in [5, 5.41) is 9.30. The Balaban J connectivity index is 0.934. The highest BCUT2D eigenvalue weighted by molar-refractivity contribution is 6.22. The number of para-hydroxylation sites is 1. The summed E-state index contributed by atoms with van der Waals surface area (Å²) < 4.78 is 9.29. The predicted octanol–water partition coefficient (Wildman–Crippen LogP) is 15.5. The molecule has 0 atom stereocenters. The van der Waals surface area contributed by atoms with Crippen LogP contribution >= 0.6 is 0 Å². The standard InChI is InChI=1S/C59H36N4O/c1-3-13-37(14-4-1)38-23-25-39(26-24-38)40-27-29-42(30-28-40)58-60-57(41-15-5-2-6-16-41)61-59(62-58)45-31-32-49-54(35-45)64-55-36-53(46-19-9-10-21-48(46)56(49)55)63-51-22-12-11-20-47(51)50-33-43-17-7-8-18-44(43)34-52(50)63/h1-36H. The van der Waals surface area contributed by atoms with Gasteiger partial charge in [0.05, 0.1) is 16.7 Å². The number of aromatic nitrogens is 4. The maximum absolute atomic E-state index is 6.89. The molecular weight excluding hydrogens is 781 g/mol. The summed E-state index contributed by atoms with van der Waals surface area (Å²) in [6.07, 6.45) is 0. The van der Waals surface area contributed by atoms with Crippen molar-refractivity contribution in [1.29, 1.82) is 0 Å². The van der Waals surface area contributed by atoms with E-state index in [0.29, 0.717) is 17.5 Å². The number of hydrogen-bond acceptors (Lipinski definition) is 4. The molecule has 0 saturated heterocycles. The molecule has 64 heavy (non-hydrogen) atoms. The lowest BCUT2D eigenvalue weighted by atomic mass is 9.99. The Bertz CT molecular complexity index is 3930. The SMILES string of the molecule is c1ccc(-c2ccc(-c3ccc(-c4nc(-c5ccccc5)nc(-c5ccc6c(c5)oc5cc(-n7c8ccccc8c8cc9ccccc9cc87)c7ccccc7c56)n4)cc3)cc2)cc1. The van der Waals surface area contributed by atoms with E-state index >= 15 is 0 Å². The maximum atomic E-state index is 6.89. The molecule has 0 N–H and O–H groups in total. The lowest BCUT2D eigenvalue weighted by molar-refractivity contribution is 0.669. The highest BCUT2D eigenvalue weighted by Crippen LogP contribution is 2.42. The van der Waals surface area contributed by atoms with E-state index in [1.54, 1.807) is 0 Å². The number of benzene rings is 10. The molecule has 13 aromatic rings. The predicted molar refractivity (Wildman–Crippen MR) is 264 cm³/mol. The molecule has 5 nitrogen and oxygen atoms in total. The molecule has 298 valence electrons. The van der Waals surface area contributed by atoms with E-state index in [2.05, 4.69) is 187 Å². The highest BCUT2D eigenvalue weighted by atomic mass is 16.3. The average molecular weight is 817 g/mol. The summed E-state index contributed by atoms with van der Waals surface area (Å²) in [6, 6.07) is 76.9. The third-order valence-corrected chi connectivity index (χ3v) is 12.6. The topological polar surface area (TPSA) is 56.7 Å². The van der Waals surface area contributed by atoms with E-state index in [4.69, 9.17) is 19.4 Å². The second kappa shape index (κ2) is 14.5. The van der Waals surface area contributed by atoms with Gasteiger partial charge in [0.15, 0.2) is 17.5 Å². The van der Waals surface area contributed by atoms with Crippen LogP contribution in [-0.4, -0.2) is 19.5 Å². The van der Waals surface area contributed by atoms with Gasteiger partial charge >= 0.3 is 0 Å². The van der Waals surface area contributed by atoms with Crippen LogP contribution in [0.1, 0.15) is 0 Å². The average Bonchev–Trinajstić information content (AvgIpc) is 3.90. The Morgan fingerprint density at radius 2 is 0.781 bits per heavy atom. The zero-order valence-corrected chi connectivity index (χ0v) is 34.5. The van der Waals surface area contributed by atoms with E-state index in [1.807, 2.05) is 36.4 Å².